The van der Waals surface area contributed by atoms with Crippen molar-refractivity contribution in [1.29, 1.82) is 0 Å². The van der Waals surface area contributed by atoms with Crippen molar-refractivity contribution >= 4 is 71.7 Å². The molecule has 6 atom stereocenters. The minimum absolute atomic E-state index is 0. The van der Waals surface area contributed by atoms with E-state index in [1.165, 1.54) is 0 Å². The molecular weight excluding hydrogens is 480 g/mol. The number of ether oxygens (including phenoxy) is 2. The van der Waals surface area contributed by atoms with E-state index in [2.05, 4.69) is 23.2 Å². The average molecular weight is 504 g/mol. The molecule has 0 aromatic rings. The molecule has 8 nitrogen and oxygen atoms in total. The van der Waals surface area contributed by atoms with Crippen molar-refractivity contribution in [3.8, 4) is 0 Å². The van der Waals surface area contributed by atoms with Crippen molar-refractivity contribution in [3.05, 3.63) is 0 Å². The molecule has 0 saturated carbocycles. The zero-order valence-corrected chi connectivity index (χ0v) is 22.6. The molecule has 16 heteroatoms. The summed E-state index contributed by atoms with van der Waals surface area (Å²) < 4.78 is 34.0. The van der Waals surface area contributed by atoms with Crippen LogP contribution in [0.15, 0.2) is 0 Å². The Morgan fingerprint density at radius 2 is 1.50 bits per heavy atom. The van der Waals surface area contributed by atoms with Crippen molar-refractivity contribution in [2.45, 2.75) is 51.0 Å². The quantitative estimate of drug-likeness (QED) is 0.0732. The van der Waals surface area contributed by atoms with Gasteiger partial charge in [-0.15, -0.1) is 0 Å². The molecule has 0 bridgehead atoms. The summed E-state index contributed by atoms with van der Waals surface area (Å²) in [5.74, 6) is 0.538. The van der Waals surface area contributed by atoms with Gasteiger partial charge in [0.15, 0.2) is 12.4 Å². The Bertz CT molecular complexity index is 416. The van der Waals surface area contributed by atoms with Gasteiger partial charge in [0.1, 0.15) is 18.3 Å². The van der Waals surface area contributed by atoms with Gasteiger partial charge in [-0.1, -0.05) is 20.3 Å². The molecule has 1 saturated heterocycles. The largest absolute Gasteiger partial charge is 1.00 e. The Balaban J connectivity index is 0.00000841. The summed E-state index contributed by atoms with van der Waals surface area (Å²) in [7, 11) is 16.7. The summed E-state index contributed by atoms with van der Waals surface area (Å²) in [6, 6.07) is 0. The Labute approximate surface area is 222 Å². The van der Waals surface area contributed by atoms with Crippen molar-refractivity contribution in [1.82, 2.24) is 0 Å². The maximum atomic E-state index is 10.1. The van der Waals surface area contributed by atoms with Crippen LogP contribution in [-0.2, 0) is 31.4 Å². The second kappa shape index (κ2) is 20.6. The van der Waals surface area contributed by atoms with Gasteiger partial charge >= 0.3 is 29.6 Å². The fourth-order valence-corrected chi connectivity index (χ4v) is 4.18. The topological polar surface area (TPSA) is 87.7 Å². The maximum absolute atomic E-state index is 10.1. The van der Waals surface area contributed by atoms with Crippen LogP contribution in [-0.4, -0.2) is 83.6 Å². The molecule has 6 unspecified atom stereocenters. The molecular formula is C14H24B3NaO8S4. The first-order valence-corrected chi connectivity index (χ1v) is 12.6. The Morgan fingerprint density at radius 3 is 2.03 bits per heavy atom. The Hall–Kier alpha value is 2.27. The fourth-order valence-electron chi connectivity index (χ4n) is 2.32. The van der Waals surface area contributed by atoms with Crippen LogP contribution in [0, 0.1) is 5.92 Å². The van der Waals surface area contributed by atoms with E-state index in [-0.39, 0.29) is 52.3 Å². The van der Waals surface area contributed by atoms with Crippen molar-refractivity contribution in [3.63, 3.8) is 0 Å². The van der Waals surface area contributed by atoms with Crippen LogP contribution in [0.25, 0.3) is 0 Å². The Kier molecular flexibility index (Phi) is 22.2. The van der Waals surface area contributed by atoms with Gasteiger partial charge < -0.3 is 27.3 Å². The van der Waals surface area contributed by atoms with Crippen molar-refractivity contribution in [2.75, 3.05) is 29.3 Å². The zero-order valence-electron chi connectivity index (χ0n) is 17.3. The second-order valence-corrected chi connectivity index (χ2v) is 8.84. The van der Waals surface area contributed by atoms with E-state index in [9.17, 15) is 5.26 Å². The standard InChI is InChI=1S/C14H25B3O8S4.Na/c1-3-9(2)4-19-14-13(23-29-8-17)12(22-28-7-16)11(21-27-6-15)10(20-14)5-26-25-24-18;/h9-14,18H,3-8H2,1-2H3;/q;+1/p-1. The normalized spacial score (nSPS) is 27.5. The molecule has 0 amide bonds. The molecule has 0 spiro atoms. The van der Waals surface area contributed by atoms with Gasteiger partial charge in [-0.3, -0.25) is 5.04 Å². The van der Waals surface area contributed by atoms with Gasteiger partial charge in [0.2, 0.25) is 0 Å². The van der Waals surface area contributed by atoms with Crippen LogP contribution in [0.2, 0.25) is 0 Å². The summed E-state index contributed by atoms with van der Waals surface area (Å²) in [5, 5.41) is 13.5. The van der Waals surface area contributed by atoms with E-state index in [1.54, 1.807) is 0 Å². The second-order valence-electron chi connectivity index (χ2n) is 5.85. The third-order valence-corrected chi connectivity index (χ3v) is 5.98. The van der Waals surface area contributed by atoms with E-state index < -0.39 is 30.7 Å². The van der Waals surface area contributed by atoms with Crippen molar-refractivity contribution < 1.29 is 66.2 Å². The minimum atomic E-state index is -0.757. The smallest absolute Gasteiger partial charge is 0.691 e. The molecule has 162 valence electrons. The molecule has 1 rings (SSSR count). The number of hydrogen-bond acceptors (Lipinski definition) is 12. The first-order valence-electron chi connectivity index (χ1n) is 8.92. The molecule has 1 aliphatic heterocycles. The van der Waals surface area contributed by atoms with Crippen molar-refractivity contribution in [2.24, 2.45) is 5.92 Å². The first kappa shape index (κ1) is 32.3. The molecule has 30 heavy (non-hydrogen) atoms. The maximum Gasteiger partial charge on any atom is 1.00 e. The molecule has 0 aliphatic carbocycles. The molecule has 6 radical (unpaired) electrons. The Morgan fingerprint density at radius 1 is 0.933 bits per heavy atom. The van der Waals surface area contributed by atoms with Crippen LogP contribution in [0.1, 0.15) is 20.3 Å². The van der Waals surface area contributed by atoms with Crippen LogP contribution < -0.4 is 34.8 Å². The first-order chi connectivity index (χ1) is 14.1. The van der Waals surface area contributed by atoms with Crippen LogP contribution >= 0.6 is 48.2 Å². The summed E-state index contributed by atoms with van der Waals surface area (Å²) in [4.78, 5) is 0. The van der Waals surface area contributed by atoms with E-state index in [4.69, 9.17) is 45.6 Å². The predicted molar refractivity (Wildman–Crippen MR) is 118 cm³/mol. The minimum Gasteiger partial charge on any atom is -0.691 e. The van der Waals surface area contributed by atoms with Gasteiger partial charge in [-0.05, 0) is 59.0 Å². The predicted octanol–water partition coefficient (Wildman–Crippen LogP) is -1.87. The molecule has 0 aromatic heterocycles. The van der Waals surface area contributed by atoms with Crippen LogP contribution in [0.4, 0.5) is 0 Å². The number of rotatable bonds is 17. The van der Waals surface area contributed by atoms with E-state index >= 15 is 0 Å². The van der Waals surface area contributed by atoms with Gasteiger partial charge in [0, 0.05) is 12.0 Å². The third kappa shape index (κ3) is 12.1. The van der Waals surface area contributed by atoms with Gasteiger partial charge in [0.25, 0.3) is 0 Å². The molecule has 1 fully saturated rings. The van der Waals surface area contributed by atoms with E-state index in [1.807, 2.05) is 0 Å². The SMILES string of the molecule is [B]CSOC1C(CSOO[O-])OC(OCC(C)CC)C(OSC[B])C1OSC[B].[Na+]. The molecule has 0 N–H and O–H groups in total. The summed E-state index contributed by atoms with van der Waals surface area (Å²) in [5.41, 5.74) is 0.697. The molecule has 1 aliphatic rings. The van der Waals surface area contributed by atoms with Crippen LogP contribution in [0.3, 0.4) is 0 Å². The van der Waals surface area contributed by atoms with Gasteiger partial charge in [0.05, 0.1) is 35.9 Å². The summed E-state index contributed by atoms with van der Waals surface area (Å²) >= 11 is 3.96. The summed E-state index contributed by atoms with van der Waals surface area (Å²) in [6.07, 6.45) is -2.25. The van der Waals surface area contributed by atoms with Gasteiger partial charge in [-0.25, -0.2) is 0 Å². The molecule has 0 aromatic carbocycles. The molecule has 1 heterocycles. The zero-order chi connectivity index (χ0) is 21.5. The van der Waals surface area contributed by atoms with Crippen LogP contribution in [0.5, 0.6) is 0 Å². The summed E-state index contributed by atoms with van der Waals surface area (Å²) in [6.45, 7) is 4.61. The monoisotopic (exact) mass is 504 g/mol. The number of hydrogen-bond donors (Lipinski definition) is 0. The fraction of sp³-hybridized carbons (Fsp3) is 1.00. The average Bonchev–Trinajstić information content (AvgIpc) is 2.74. The third-order valence-electron chi connectivity index (χ3n) is 3.88. The van der Waals surface area contributed by atoms with Gasteiger partial charge in [-0.2, -0.15) is 4.33 Å². The van der Waals surface area contributed by atoms with E-state index in [0.29, 0.717) is 12.5 Å². The van der Waals surface area contributed by atoms with E-state index in [0.717, 1.165) is 54.6 Å².